The first-order valence-electron chi connectivity index (χ1n) is 6.49. The molecule has 0 spiro atoms. The van der Waals surface area contributed by atoms with Crippen LogP contribution in [0, 0.1) is 5.92 Å². The van der Waals surface area contributed by atoms with Gasteiger partial charge in [-0.05, 0) is 19.4 Å². The van der Waals surface area contributed by atoms with Crippen LogP contribution in [0.5, 0.6) is 0 Å². The zero-order valence-electron chi connectivity index (χ0n) is 12.2. The van der Waals surface area contributed by atoms with Crippen molar-refractivity contribution in [3.05, 3.63) is 0 Å². The molecule has 0 bridgehead atoms. The fourth-order valence-corrected chi connectivity index (χ4v) is 1.43. The van der Waals surface area contributed by atoms with Crippen LogP contribution >= 0.6 is 0 Å². The van der Waals surface area contributed by atoms with E-state index in [4.69, 9.17) is 9.84 Å². The van der Waals surface area contributed by atoms with Crippen molar-refractivity contribution in [3.63, 3.8) is 0 Å². The highest BCUT2D eigenvalue weighted by Gasteiger charge is 2.22. The Hall–Kier alpha value is -0.610. The Labute approximate surface area is 106 Å². The van der Waals surface area contributed by atoms with Crippen molar-refractivity contribution in [2.24, 2.45) is 5.92 Å². The van der Waals surface area contributed by atoms with Gasteiger partial charge in [0.2, 0.25) is 0 Å². The molecular weight excluding hydrogens is 218 g/mol. The number of carboxylic acids is 1. The molecule has 0 heterocycles. The fraction of sp³-hybridized carbons (Fsp3) is 0.923. The second-order valence-electron chi connectivity index (χ2n) is 4.26. The van der Waals surface area contributed by atoms with E-state index in [1.807, 2.05) is 32.7 Å². The lowest BCUT2D eigenvalue weighted by Crippen LogP contribution is -2.43. The highest BCUT2D eigenvalue weighted by molar-refractivity contribution is 5.73. The average Bonchev–Trinajstić information content (AvgIpc) is 2.25. The van der Waals surface area contributed by atoms with E-state index in [9.17, 15) is 4.79 Å². The summed E-state index contributed by atoms with van der Waals surface area (Å²) in [5, 5.41) is 9.03. The molecule has 0 amide bonds. The first-order valence-corrected chi connectivity index (χ1v) is 6.49. The summed E-state index contributed by atoms with van der Waals surface area (Å²) in [7, 11) is 1.83. The van der Waals surface area contributed by atoms with Crippen molar-refractivity contribution < 1.29 is 14.6 Å². The minimum atomic E-state index is -0.811. The minimum Gasteiger partial charge on any atom is -0.480 e. The van der Waals surface area contributed by atoms with Crippen LogP contribution in [0.3, 0.4) is 0 Å². The monoisotopic (exact) mass is 247 g/mol. The third kappa shape index (κ3) is 10.3. The lowest BCUT2D eigenvalue weighted by atomic mass is 10.2. The number of carbonyl (C=O) groups is 1. The molecule has 0 fully saturated rings. The van der Waals surface area contributed by atoms with Gasteiger partial charge in [-0.25, -0.2) is 0 Å². The van der Waals surface area contributed by atoms with Gasteiger partial charge in [0.1, 0.15) is 6.04 Å². The van der Waals surface area contributed by atoms with Crippen molar-refractivity contribution >= 4 is 5.97 Å². The van der Waals surface area contributed by atoms with Crippen LogP contribution in [0.15, 0.2) is 0 Å². The SMILES string of the molecule is CC.CCCOCC(C(=O)O)N(C)CC(C)C. The van der Waals surface area contributed by atoms with Gasteiger partial charge < -0.3 is 9.84 Å². The maximum absolute atomic E-state index is 11.0. The Morgan fingerprint density at radius 1 is 1.35 bits per heavy atom. The number of ether oxygens (including phenoxy) is 1. The van der Waals surface area contributed by atoms with Crippen molar-refractivity contribution in [1.29, 1.82) is 0 Å². The third-order valence-corrected chi connectivity index (χ3v) is 2.09. The van der Waals surface area contributed by atoms with Gasteiger partial charge in [0.15, 0.2) is 0 Å². The number of nitrogens with zero attached hydrogens (tertiary/aromatic N) is 1. The van der Waals surface area contributed by atoms with Crippen LogP contribution in [0.25, 0.3) is 0 Å². The summed E-state index contributed by atoms with van der Waals surface area (Å²) in [5.74, 6) is -0.350. The molecule has 0 aromatic rings. The van der Waals surface area contributed by atoms with E-state index in [1.54, 1.807) is 0 Å². The van der Waals surface area contributed by atoms with E-state index in [0.29, 0.717) is 12.5 Å². The molecule has 0 rings (SSSR count). The minimum absolute atomic E-state index is 0.270. The van der Waals surface area contributed by atoms with Crippen LogP contribution < -0.4 is 0 Å². The number of carboxylic acid groups (broad SMARTS) is 1. The Balaban J connectivity index is 0. The van der Waals surface area contributed by atoms with E-state index in [1.165, 1.54) is 0 Å². The molecule has 0 aliphatic rings. The van der Waals surface area contributed by atoms with Crippen molar-refractivity contribution in [1.82, 2.24) is 4.90 Å². The van der Waals surface area contributed by atoms with Gasteiger partial charge in [-0.15, -0.1) is 0 Å². The Morgan fingerprint density at radius 2 is 1.88 bits per heavy atom. The molecule has 0 aromatic carbocycles. The summed E-state index contributed by atoms with van der Waals surface area (Å²) < 4.78 is 5.29. The second kappa shape index (κ2) is 11.9. The number of rotatable bonds is 8. The zero-order chi connectivity index (χ0) is 13.8. The summed E-state index contributed by atoms with van der Waals surface area (Å²) >= 11 is 0. The summed E-state index contributed by atoms with van der Waals surface area (Å²) in [6.45, 7) is 11.8. The summed E-state index contributed by atoms with van der Waals surface area (Å²) in [6, 6.07) is -0.529. The quantitative estimate of drug-likeness (QED) is 0.669. The molecule has 104 valence electrons. The maximum atomic E-state index is 11.0. The van der Waals surface area contributed by atoms with E-state index in [-0.39, 0.29) is 6.61 Å². The van der Waals surface area contributed by atoms with Crippen LogP contribution in [-0.2, 0) is 9.53 Å². The molecule has 0 saturated carbocycles. The van der Waals surface area contributed by atoms with Crippen LogP contribution in [-0.4, -0.2) is 48.8 Å². The lowest BCUT2D eigenvalue weighted by Gasteiger charge is -2.25. The summed E-state index contributed by atoms with van der Waals surface area (Å²) in [6.07, 6.45) is 0.917. The molecule has 0 saturated heterocycles. The normalized spacial score (nSPS) is 12.2. The van der Waals surface area contributed by atoms with E-state index in [2.05, 4.69) is 13.8 Å². The number of likely N-dealkylation sites (N-methyl/N-ethyl adjacent to an activating group) is 1. The molecule has 1 N–H and O–H groups in total. The number of hydrogen-bond acceptors (Lipinski definition) is 3. The predicted octanol–water partition coefficient (Wildman–Crippen LogP) is 2.48. The standard InChI is InChI=1S/C11H23NO3.C2H6/c1-5-6-15-8-10(11(13)14)12(4)7-9(2)3;1-2/h9-10H,5-8H2,1-4H3,(H,13,14);1-2H3. The Kier molecular flexibility index (Phi) is 13.1. The van der Waals surface area contributed by atoms with E-state index in [0.717, 1.165) is 13.0 Å². The van der Waals surface area contributed by atoms with E-state index < -0.39 is 12.0 Å². The van der Waals surface area contributed by atoms with Gasteiger partial charge in [0.05, 0.1) is 6.61 Å². The van der Waals surface area contributed by atoms with Gasteiger partial charge in [0, 0.05) is 13.2 Å². The molecular formula is C13H29NO3. The molecule has 4 heteroatoms. The lowest BCUT2D eigenvalue weighted by molar-refractivity contribution is -0.145. The Morgan fingerprint density at radius 3 is 2.24 bits per heavy atom. The fourth-order valence-electron chi connectivity index (χ4n) is 1.43. The molecule has 4 nitrogen and oxygen atoms in total. The Bertz CT molecular complexity index is 184. The predicted molar refractivity (Wildman–Crippen MR) is 71.3 cm³/mol. The molecule has 0 aliphatic heterocycles. The van der Waals surface area contributed by atoms with Gasteiger partial charge >= 0.3 is 5.97 Å². The smallest absolute Gasteiger partial charge is 0.323 e. The third-order valence-electron chi connectivity index (χ3n) is 2.09. The van der Waals surface area contributed by atoms with Crippen molar-refractivity contribution in [2.45, 2.75) is 47.1 Å². The first-order chi connectivity index (χ1) is 7.99. The van der Waals surface area contributed by atoms with Gasteiger partial charge in [-0.2, -0.15) is 0 Å². The van der Waals surface area contributed by atoms with Crippen LogP contribution in [0.4, 0.5) is 0 Å². The number of aliphatic carboxylic acids is 1. The van der Waals surface area contributed by atoms with Gasteiger partial charge in [0.25, 0.3) is 0 Å². The van der Waals surface area contributed by atoms with Gasteiger partial charge in [-0.1, -0.05) is 34.6 Å². The summed E-state index contributed by atoms with van der Waals surface area (Å²) in [4.78, 5) is 12.8. The number of hydrogen-bond donors (Lipinski definition) is 1. The van der Waals surface area contributed by atoms with Crippen LogP contribution in [0.2, 0.25) is 0 Å². The average molecular weight is 247 g/mol. The molecule has 17 heavy (non-hydrogen) atoms. The topological polar surface area (TPSA) is 49.8 Å². The van der Waals surface area contributed by atoms with Crippen molar-refractivity contribution in [2.75, 3.05) is 26.8 Å². The highest BCUT2D eigenvalue weighted by Crippen LogP contribution is 2.03. The zero-order valence-corrected chi connectivity index (χ0v) is 12.2. The summed E-state index contributed by atoms with van der Waals surface area (Å²) in [5.41, 5.74) is 0. The maximum Gasteiger partial charge on any atom is 0.323 e. The van der Waals surface area contributed by atoms with Crippen LogP contribution in [0.1, 0.15) is 41.0 Å². The molecule has 1 atom stereocenters. The molecule has 1 unspecified atom stereocenters. The molecule has 0 aliphatic carbocycles. The first kappa shape index (κ1) is 18.7. The molecule has 0 aromatic heterocycles. The van der Waals surface area contributed by atoms with E-state index >= 15 is 0 Å². The largest absolute Gasteiger partial charge is 0.480 e. The molecule has 0 radical (unpaired) electrons. The van der Waals surface area contributed by atoms with Crippen molar-refractivity contribution in [3.8, 4) is 0 Å². The highest BCUT2D eigenvalue weighted by atomic mass is 16.5. The van der Waals surface area contributed by atoms with Gasteiger partial charge in [-0.3, -0.25) is 9.69 Å². The second-order valence-corrected chi connectivity index (χ2v) is 4.26.